The van der Waals surface area contributed by atoms with Crippen LogP contribution >= 0.6 is 0 Å². The Morgan fingerprint density at radius 2 is 1.90 bits per heavy atom. The maximum absolute atomic E-state index is 11.8. The topological polar surface area (TPSA) is 44.8 Å². The number of benzene rings is 1. The first-order chi connectivity index (χ1) is 10.2. The second-order valence-corrected chi connectivity index (χ2v) is 5.18. The highest BCUT2D eigenvalue weighted by Gasteiger charge is 2.08. The lowest BCUT2D eigenvalue weighted by Gasteiger charge is -2.08. The smallest absolute Gasteiger partial charge is 0.373 e. The van der Waals surface area contributed by atoms with Crippen molar-refractivity contribution < 1.29 is 19.3 Å². The lowest BCUT2D eigenvalue weighted by atomic mass is 10.1. The van der Waals surface area contributed by atoms with Gasteiger partial charge in [-0.05, 0) is 37.5 Å². The maximum atomic E-state index is 11.8. The molecule has 0 saturated carbocycles. The summed E-state index contributed by atoms with van der Waals surface area (Å²) in [7, 11) is 1.64. The van der Waals surface area contributed by atoms with E-state index < -0.39 is 5.97 Å². The van der Waals surface area contributed by atoms with Crippen LogP contribution in [0.3, 0.4) is 0 Å². The van der Waals surface area contributed by atoms with E-state index >= 15 is 0 Å². The summed E-state index contributed by atoms with van der Waals surface area (Å²) >= 11 is 0. The average Bonchev–Trinajstić information content (AvgIpc) is 2.52. The van der Waals surface area contributed by atoms with Crippen molar-refractivity contribution in [1.82, 2.24) is 0 Å². The van der Waals surface area contributed by atoms with Gasteiger partial charge in [-0.3, -0.25) is 4.89 Å². The predicted octanol–water partition coefficient (Wildman–Crippen LogP) is 3.93. The van der Waals surface area contributed by atoms with E-state index in [1.165, 1.54) is 24.8 Å². The second-order valence-electron chi connectivity index (χ2n) is 5.18. The van der Waals surface area contributed by atoms with Crippen molar-refractivity contribution in [3.05, 3.63) is 35.4 Å². The molecule has 0 saturated heterocycles. The molecule has 1 rings (SSSR count). The third-order valence-corrected chi connectivity index (χ3v) is 3.40. The molecule has 0 heterocycles. The van der Waals surface area contributed by atoms with Gasteiger partial charge in [-0.25, -0.2) is 4.79 Å². The van der Waals surface area contributed by atoms with Gasteiger partial charge >= 0.3 is 5.97 Å². The highest BCUT2D eigenvalue weighted by atomic mass is 17.2. The van der Waals surface area contributed by atoms with Crippen LogP contribution in [0.4, 0.5) is 0 Å². The molecule has 0 spiro atoms. The molecule has 0 aliphatic carbocycles. The van der Waals surface area contributed by atoms with Crippen LogP contribution in [0.5, 0.6) is 0 Å². The monoisotopic (exact) mass is 294 g/mol. The van der Waals surface area contributed by atoms with Crippen molar-refractivity contribution in [2.24, 2.45) is 0 Å². The Balaban J connectivity index is 2.30. The molecule has 4 heteroatoms. The minimum absolute atomic E-state index is 0.0890. The molecule has 0 N–H and O–H groups in total. The standard InChI is InChI=1S/C17H26O4/c1-4-5-6-7-15-8-10-16(11-9-15)17(18)21-20-13-12-14(2)19-3/h8-11,14H,4-7,12-13H2,1-3H3. The van der Waals surface area contributed by atoms with Gasteiger partial charge in [0.05, 0.1) is 18.3 Å². The fraction of sp³-hybridized carbons (Fsp3) is 0.588. The van der Waals surface area contributed by atoms with Crippen LogP contribution in [0.25, 0.3) is 0 Å². The molecular formula is C17H26O4. The minimum Gasteiger partial charge on any atom is -0.382 e. The third kappa shape index (κ3) is 7.25. The van der Waals surface area contributed by atoms with E-state index in [9.17, 15) is 4.79 Å². The first kappa shape index (κ1) is 17.7. The van der Waals surface area contributed by atoms with Crippen molar-refractivity contribution in [2.75, 3.05) is 13.7 Å². The highest BCUT2D eigenvalue weighted by Crippen LogP contribution is 2.10. The second kappa shape index (κ2) is 10.4. The molecule has 1 aromatic carbocycles. The predicted molar refractivity (Wildman–Crippen MR) is 82.1 cm³/mol. The number of carbonyl (C=O) groups excluding carboxylic acids is 1. The van der Waals surface area contributed by atoms with Crippen molar-refractivity contribution >= 4 is 5.97 Å². The maximum Gasteiger partial charge on any atom is 0.373 e. The van der Waals surface area contributed by atoms with E-state index in [4.69, 9.17) is 14.5 Å². The molecule has 0 aromatic heterocycles. The summed E-state index contributed by atoms with van der Waals surface area (Å²) in [4.78, 5) is 21.4. The van der Waals surface area contributed by atoms with Crippen molar-refractivity contribution in [1.29, 1.82) is 0 Å². The van der Waals surface area contributed by atoms with E-state index in [1.54, 1.807) is 19.2 Å². The van der Waals surface area contributed by atoms with Crippen LogP contribution < -0.4 is 0 Å². The van der Waals surface area contributed by atoms with Crippen molar-refractivity contribution in [3.63, 3.8) is 0 Å². The Labute approximate surface area is 127 Å². The summed E-state index contributed by atoms with van der Waals surface area (Å²) in [5, 5.41) is 0. The molecule has 0 aliphatic heterocycles. The van der Waals surface area contributed by atoms with Crippen LogP contribution in [0, 0.1) is 0 Å². The van der Waals surface area contributed by atoms with Gasteiger partial charge in [-0.1, -0.05) is 31.9 Å². The minimum atomic E-state index is -0.458. The average molecular weight is 294 g/mol. The highest BCUT2D eigenvalue weighted by molar-refractivity contribution is 5.88. The zero-order valence-corrected chi connectivity index (χ0v) is 13.3. The van der Waals surface area contributed by atoms with Crippen LogP contribution in [-0.2, 0) is 20.9 Å². The van der Waals surface area contributed by atoms with Crippen LogP contribution in [0.1, 0.15) is 55.5 Å². The third-order valence-electron chi connectivity index (χ3n) is 3.40. The Hall–Kier alpha value is -1.39. The van der Waals surface area contributed by atoms with E-state index in [-0.39, 0.29) is 6.10 Å². The summed E-state index contributed by atoms with van der Waals surface area (Å²) in [5.74, 6) is -0.458. The number of aryl methyl sites for hydroxylation is 1. The lowest BCUT2D eigenvalue weighted by Crippen LogP contribution is -2.12. The van der Waals surface area contributed by atoms with E-state index in [0.29, 0.717) is 18.6 Å². The summed E-state index contributed by atoms with van der Waals surface area (Å²) in [5.41, 5.74) is 1.75. The van der Waals surface area contributed by atoms with Gasteiger partial charge in [0.1, 0.15) is 0 Å². The molecule has 0 amide bonds. The normalized spacial score (nSPS) is 12.1. The number of ether oxygens (including phenoxy) is 1. The van der Waals surface area contributed by atoms with E-state index in [1.807, 2.05) is 19.1 Å². The number of methoxy groups -OCH3 is 1. The van der Waals surface area contributed by atoms with Crippen LogP contribution in [0.15, 0.2) is 24.3 Å². The van der Waals surface area contributed by atoms with Gasteiger partial charge < -0.3 is 4.74 Å². The van der Waals surface area contributed by atoms with Gasteiger partial charge in [-0.2, -0.15) is 4.89 Å². The largest absolute Gasteiger partial charge is 0.382 e. The van der Waals surface area contributed by atoms with Crippen molar-refractivity contribution in [3.8, 4) is 0 Å². The molecular weight excluding hydrogens is 268 g/mol. The molecule has 1 unspecified atom stereocenters. The Bertz CT molecular complexity index is 400. The van der Waals surface area contributed by atoms with Gasteiger partial charge in [0, 0.05) is 13.5 Å². The first-order valence-corrected chi connectivity index (χ1v) is 7.63. The molecule has 118 valence electrons. The Morgan fingerprint density at radius 1 is 1.19 bits per heavy atom. The number of unbranched alkanes of at least 4 members (excludes halogenated alkanes) is 2. The van der Waals surface area contributed by atoms with Gasteiger partial charge in [-0.15, -0.1) is 0 Å². The van der Waals surface area contributed by atoms with E-state index in [0.717, 1.165) is 6.42 Å². The van der Waals surface area contributed by atoms with Gasteiger partial charge in [0.15, 0.2) is 0 Å². The number of hydrogen-bond donors (Lipinski definition) is 0. The van der Waals surface area contributed by atoms with Crippen molar-refractivity contribution in [2.45, 2.75) is 52.1 Å². The van der Waals surface area contributed by atoms with Crippen LogP contribution in [-0.4, -0.2) is 25.8 Å². The Kier molecular flexibility index (Phi) is 8.71. The van der Waals surface area contributed by atoms with Gasteiger partial charge in [0.25, 0.3) is 0 Å². The molecule has 1 aromatic rings. The van der Waals surface area contributed by atoms with Gasteiger partial charge in [0.2, 0.25) is 0 Å². The summed E-state index contributed by atoms with van der Waals surface area (Å²) in [6.07, 6.45) is 5.45. The number of carbonyl (C=O) groups is 1. The summed E-state index contributed by atoms with van der Waals surface area (Å²) in [6.45, 7) is 4.45. The molecule has 4 nitrogen and oxygen atoms in total. The zero-order chi connectivity index (χ0) is 15.5. The zero-order valence-electron chi connectivity index (χ0n) is 13.3. The van der Waals surface area contributed by atoms with Crippen LogP contribution in [0.2, 0.25) is 0 Å². The summed E-state index contributed by atoms with van der Waals surface area (Å²) < 4.78 is 5.07. The fourth-order valence-corrected chi connectivity index (χ4v) is 1.86. The molecule has 0 bridgehead atoms. The molecule has 21 heavy (non-hydrogen) atoms. The SMILES string of the molecule is CCCCCc1ccc(C(=O)OOCCC(C)OC)cc1. The summed E-state index contributed by atoms with van der Waals surface area (Å²) in [6, 6.07) is 7.51. The Morgan fingerprint density at radius 3 is 2.52 bits per heavy atom. The van der Waals surface area contributed by atoms with E-state index in [2.05, 4.69) is 6.92 Å². The molecule has 0 radical (unpaired) electrons. The molecule has 0 aliphatic rings. The molecule has 1 atom stereocenters. The molecule has 0 fully saturated rings. The number of hydrogen-bond acceptors (Lipinski definition) is 4. The lowest BCUT2D eigenvalue weighted by molar-refractivity contribution is -0.244. The first-order valence-electron chi connectivity index (χ1n) is 7.63. The number of rotatable bonds is 10. The quantitative estimate of drug-likeness (QED) is 0.372. The fourth-order valence-electron chi connectivity index (χ4n) is 1.86.